The SMILES string of the molecule is C=CC(=O)N1CCN(C2CC2)C2(CCN(C(=O)N(C)[C@H](C(=O)N[C@H]3C[C@H]4CN(CCO4)c4ccc5c(c4)c(c(-c4cccnc4[C@H](C)O)n5CC)CC(C)(C)COC(=O)[C@@H]4CCCN(N4)C3=O)C(C)C)CC2)C1. The van der Waals surface area contributed by atoms with Crippen molar-refractivity contribution < 1.29 is 38.6 Å². The number of hydrazine groups is 1. The number of pyridine rings is 1. The average Bonchev–Trinajstić information content (AvgIpc) is 4.19. The molecule has 7 heterocycles. The van der Waals surface area contributed by atoms with Gasteiger partial charge in [-0.1, -0.05) is 34.3 Å². The van der Waals surface area contributed by atoms with Crippen molar-refractivity contribution in [3.63, 3.8) is 0 Å². The van der Waals surface area contributed by atoms with Crippen molar-refractivity contribution in [1.82, 2.24) is 44.9 Å². The molecule has 6 bridgehead atoms. The fourth-order valence-corrected chi connectivity index (χ4v) is 12.5. The number of aryl methyl sites for hydroxylation is 1. The molecular weight excluding hydrogens is 929 g/mol. The van der Waals surface area contributed by atoms with Gasteiger partial charge in [0.05, 0.1) is 36.8 Å². The smallest absolute Gasteiger partial charge is 0.324 e. The van der Waals surface area contributed by atoms with Gasteiger partial charge in [-0.15, -0.1) is 0 Å². The lowest BCUT2D eigenvalue weighted by Gasteiger charge is -2.54. The quantitative estimate of drug-likeness (QED) is 0.195. The van der Waals surface area contributed by atoms with Crippen molar-refractivity contribution in [3.05, 3.63) is 60.4 Å². The molecule has 4 saturated heterocycles. The van der Waals surface area contributed by atoms with Gasteiger partial charge in [0.15, 0.2) is 0 Å². The highest BCUT2D eigenvalue weighted by Gasteiger charge is 2.50. The summed E-state index contributed by atoms with van der Waals surface area (Å²) in [5, 5.41) is 16.6. The van der Waals surface area contributed by atoms with E-state index in [1.165, 1.54) is 16.0 Å². The number of likely N-dealkylation sites (tertiary alicyclic amines) is 1. The predicted molar refractivity (Wildman–Crippen MR) is 278 cm³/mol. The van der Waals surface area contributed by atoms with E-state index in [2.05, 4.69) is 75.6 Å². The molecule has 0 radical (unpaired) electrons. The van der Waals surface area contributed by atoms with Crippen molar-refractivity contribution in [3.8, 4) is 11.3 Å². The second kappa shape index (κ2) is 21.4. The Kier molecular flexibility index (Phi) is 15.3. The summed E-state index contributed by atoms with van der Waals surface area (Å²) in [7, 11) is 1.67. The number of aromatic nitrogens is 2. The third-order valence-electron chi connectivity index (χ3n) is 16.3. The molecule has 396 valence electrons. The molecule has 9 rings (SSSR count). The molecule has 3 N–H and O–H groups in total. The third kappa shape index (κ3) is 10.7. The van der Waals surface area contributed by atoms with E-state index in [0.29, 0.717) is 103 Å². The number of benzene rings is 1. The minimum Gasteiger partial charge on any atom is -0.464 e. The summed E-state index contributed by atoms with van der Waals surface area (Å²) < 4.78 is 14.9. The maximum Gasteiger partial charge on any atom is 0.324 e. The zero-order valence-electron chi connectivity index (χ0n) is 44.1. The first-order chi connectivity index (χ1) is 34.9. The molecule has 3 aromatic rings. The lowest BCUT2D eigenvalue weighted by Crippen LogP contribution is -2.67. The number of piperidine rings is 1. The number of nitrogens with one attached hydrogen (secondary N) is 2. The Morgan fingerprint density at radius 2 is 1.79 bits per heavy atom. The molecule has 5 aliphatic heterocycles. The second-order valence-corrected chi connectivity index (χ2v) is 22.6. The van der Waals surface area contributed by atoms with E-state index < -0.39 is 53.5 Å². The molecule has 1 spiro atoms. The average molecular weight is 1010 g/mol. The summed E-state index contributed by atoms with van der Waals surface area (Å²) in [6, 6.07) is 7.89. The van der Waals surface area contributed by atoms with Crippen LogP contribution in [0.2, 0.25) is 0 Å². The van der Waals surface area contributed by atoms with Crippen LogP contribution in [-0.4, -0.2) is 177 Å². The first-order valence-corrected chi connectivity index (χ1v) is 26.8. The number of cyclic esters (lactones) is 1. The highest BCUT2D eigenvalue weighted by Crippen LogP contribution is 2.43. The zero-order chi connectivity index (χ0) is 51.9. The van der Waals surface area contributed by atoms with E-state index in [1.54, 1.807) is 20.2 Å². The molecule has 2 aromatic heterocycles. The van der Waals surface area contributed by atoms with E-state index in [0.717, 1.165) is 52.8 Å². The van der Waals surface area contributed by atoms with Gasteiger partial charge in [-0.05, 0) is 107 Å². The molecule has 1 aromatic carbocycles. The van der Waals surface area contributed by atoms with Crippen LogP contribution in [0.1, 0.15) is 104 Å². The standard InChI is InChI=1S/C55H78N10O8/c1-9-46(67)62-25-26-64(37-15-16-37)55(33-62)19-23-60(24-20-55)53(71)59(8)48(35(3)4)50(68)57-44-30-39-32-61(27-28-72-39)38-17-18-45-41(29-38)42(49(63(45)10-2)40-13-11-21-56-47(40)36(5)66)31-54(6,7)34-73-52(70)43-14-12-22-65(58-43)51(44)69/h9,11,13,17-18,21,29,35-37,39,43-44,48,58,66H,1,10,12,14-16,19-20,22-28,30-34H2,2-8H3,(H,57,68)/t36-,39-,43-,44-,48-/m0/s1. The van der Waals surface area contributed by atoms with Crippen LogP contribution in [0.3, 0.4) is 0 Å². The first-order valence-electron chi connectivity index (χ1n) is 26.8. The Labute approximate surface area is 430 Å². The van der Waals surface area contributed by atoms with Crippen LogP contribution in [-0.2, 0) is 41.6 Å². The summed E-state index contributed by atoms with van der Waals surface area (Å²) in [6.07, 6.45) is 7.25. The van der Waals surface area contributed by atoms with Crippen molar-refractivity contribution in [2.75, 3.05) is 77.5 Å². The number of nitrogens with zero attached hydrogens (tertiary/aromatic N) is 8. The summed E-state index contributed by atoms with van der Waals surface area (Å²) in [5.41, 5.74) is 7.93. The highest BCUT2D eigenvalue weighted by atomic mass is 16.5. The number of urea groups is 1. The molecule has 5 amide bonds. The van der Waals surface area contributed by atoms with Gasteiger partial charge in [0, 0.05) is 118 Å². The van der Waals surface area contributed by atoms with Gasteiger partial charge in [-0.25, -0.2) is 10.2 Å². The van der Waals surface area contributed by atoms with E-state index in [1.807, 2.05) is 35.8 Å². The fourth-order valence-electron chi connectivity index (χ4n) is 12.5. The lowest BCUT2D eigenvalue weighted by atomic mass is 9.83. The van der Waals surface area contributed by atoms with Gasteiger partial charge in [-0.2, -0.15) is 0 Å². The van der Waals surface area contributed by atoms with Crippen LogP contribution in [0.25, 0.3) is 22.2 Å². The molecule has 5 atom stereocenters. The number of carbonyl (C=O) groups excluding carboxylic acids is 5. The van der Waals surface area contributed by atoms with Crippen LogP contribution >= 0.6 is 0 Å². The zero-order valence-corrected chi connectivity index (χ0v) is 44.1. The van der Waals surface area contributed by atoms with Crippen molar-refractivity contribution in [2.45, 2.75) is 141 Å². The highest BCUT2D eigenvalue weighted by molar-refractivity contribution is 5.95. The number of carbonyl (C=O) groups is 5. The molecule has 18 nitrogen and oxygen atoms in total. The van der Waals surface area contributed by atoms with Crippen molar-refractivity contribution in [2.24, 2.45) is 11.3 Å². The van der Waals surface area contributed by atoms with Crippen LogP contribution in [0, 0.1) is 11.3 Å². The van der Waals surface area contributed by atoms with E-state index in [-0.39, 0.29) is 36.4 Å². The summed E-state index contributed by atoms with van der Waals surface area (Å²) in [4.78, 5) is 85.7. The molecule has 5 fully saturated rings. The number of hydrogen-bond acceptors (Lipinski definition) is 12. The number of amides is 5. The number of likely N-dealkylation sites (N-methyl/N-ethyl adjacent to an activating group) is 1. The Hall–Kier alpha value is -5.56. The van der Waals surface area contributed by atoms with Crippen LogP contribution in [0.4, 0.5) is 10.5 Å². The van der Waals surface area contributed by atoms with Gasteiger partial charge in [-0.3, -0.25) is 34.1 Å². The molecule has 1 aliphatic carbocycles. The van der Waals surface area contributed by atoms with Gasteiger partial charge in [0.25, 0.3) is 5.91 Å². The fraction of sp³-hybridized carbons (Fsp3) is 0.636. The number of aliphatic hydroxyl groups is 1. The Morgan fingerprint density at radius 1 is 1.03 bits per heavy atom. The van der Waals surface area contributed by atoms with E-state index in [4.69, 9.17) is 9.47 Å². The van der Waals surface area contributed by atoms with Gasteiger partial charge in [0.1, 0.15) is 18.1 Å². The predicted octanol–water partition coefficient (Wildman–Crippen LogP) is 4.88. The summed E-state index contributed by atoms with van der Waals surface area (Å²) in [6.45, 7) is 21.2. The number of morpholine rings is 1. The Bertz CT molecular complexity index is 2570. The Balaban J connectivity index is 0.990. The molecule has 0 unspecified atom stereocenters. The minimum atomic E-state index is -1.06. The molecular formula is C55H78N10O8. The number of piperazine rings is 1. The number of hydrogen-bond donors (Lipinski definition) is 3. The Morgan fingerprint density at radius 3 is 2.49 bits per heavy atom. The number of rotatable bonds is 9. The normalized spacial score (nSPS) is 24.8. The molecule has 6 aliphatic rings. The van der Waals surface area contributed by atoms with Gasteiger partial charge in [0.2, 0.25) is 11.8 Å². The molecule has 18 heteroatoms. The first kappa shape index (κ1) is 52.3. The van der Waals surface area contributed by atoms with E-state index >= 15 is 0 Å². The number of anilines is 1. The summed E-state index contributed by atoms with van der Waals surface area (Å²) in [5.74, 6) is -1.68. The van der Waals surface area contributed by atoms with Crippen LogP contribution in [0.5, 0.6) is 0 Å². The van der Waals surface area contributed by atoms with Gasteiger partial charge < -0.3 is 44.1 Å². The van der Waals surface area contributed by atoms with E-state index in [9.17, 15) is 29.1 Å². The maximum atomic E-state index is 14.9. The van der Waals surface area contributed by atoms with Crippen LogP contribution < -0.4 is 15.6 Å². The number of ether oxygens (including phenoxy) is 2. The van der Waals surface area contributed by atoms with Crippen molar-refractivity contribution in [1.29, 1.82) is 0 Å². The van der Waals surface area contributed by atoms with Crippen LogP contribution in [0.15, 0.2) is 49.2 Å². The third-order valence-corrected chi connectivity index (χ3v) is 16.3. The lowest BCUT2D eigenvalue weighted by molar-refractivity contribution is -0.156. The number of aliphatic hydroxyl groups excluding tert-OH is 1. The monoisotopic (exact) mass is 1010 g/mol. The number of esters is 1. The maximum absolute atomic E-state index is 14.9. The molecule has 73 heavy (non-hydrogen) atoms. The summed E-state index contributed by atoms with van der Waals surface area (Å²) >= 11 is 0. The number of fused-ring (bicyclic) bond motifs is 6. The van der Waals surface area contributed by atoms with Gasteiger partial charge >= 0.3 is 12.0 Å². The van der Waals surface area contributed by atoms with Crippen molar-refractivity contribution >= 4 is 46.3 Å². The topological polar surface area (TPSA) is 185 Å². The minimum absolute atomic E-state index is 0.0652. The largest absolute Gasteiger partial charge is 0.464 e. The molecule has 1 saturated carbocycles. The second-order valence-electron chi connectivity index (χ2n) is 22.6.